The van der Waals surface area contributed by atoms with E-state index in [1.807, 2.05) is 47.4 Å². The van der Waals surface area contributed by atoms with Crippen molar-refractivity contribution in [3.05, 3.63) is 65.4 Å². The minimum atomic E-state index is -0.247. The Balaban J connectivity index is 1.73. The number of anilines is 1. The molecule has 0 unspecified atom stereocenters. The highest BCUT2D eigenvalue weighted by atomic mass is 16.5. The third kappa shape index (κ3) is 4.08. The second-order valence-electron chi connectivity index (χ2n) is 7.74. The zero-order valence-corrected chi connectivity index (χ0v) is 18.1. The number of rotatable bonds is 9. The van der Waals surface area contributed by atoms with Gasteiger partial charge in [0.05, 0.1) is 12.2 Å². The summed E-state index contributed by atoms with van der Waals surface area (Å²) in [6.07, 6.45) is 2.38. The van der Waals surface area contributed by atoms with Crippen LogP contribution < -0.4 is 9.64 Å². The molecule has 0 saturated carbocycles. The smallest absolute Gasteiger partial charge is 0.278 e. The largest absolute Gasteiger partial charge is 0.494 e. The third-order valence-corrected chi connectivity index (χ3v) is 5.65. The summed E-state index contributed by atoms with van der Waals surface area (Å²) in [4.78, 5) is 30.2. The second-order valence-corrected chi connectivity index (χ2v) is 7.74. The lowest BCUT2D eigenvalue weighted by atomic mass is 10.0. The molecule has 0 aromatic heterocycles. The van der Waals surface area contributed by atoms with Crippen molar-refractivity contribution >= 4 is 23.1 Å². The van der Waals surface area contributed by atoms with Gasteiger partial charge in [0.1, 0.15) is 11.4 Å². The highest BCUT2D eigenvalue weighted by Crippen LogP contribution is 2.38. The van der Waals surface area contributed by atoms with Crippen molar-refractivity contribution < 1.29 is 19.1 Å². The number of amides is 2. The summed E-state index contributed by atoms with van der Waals surface area (Å²) >= 11 is 0. The van der Waals surface area contributed by atoms with Crippen LogP contribution in [-0.2, 0) is 20.7 Å². The van der Waals surface area contributed by atoms with E-state index < -0.39 is 0 Å². The molecule has 2 aliphatic rings. The molecule has 0 bridgehead atoms. The predicted molar refractivity (Wildman–Crippen MR) is 120 cm³/mol. The quantitative estimate of drug-likeness (QED) is 0.458. The van der Waals surface area contributed by atoms with Crippen LogP contribution >= 0.6 is 0 Å². The molecule has 0 radical (unpaired) electrons. The van der Waals surface area contributed by atoms with Crippen molar-refractivity contribution in [1.82, 2.24) is 4.90 Å². The highest BCUT2D eigenvalue weighted by Gasteiger charge is 2.42. The summed E-state index contributed by atoms with van der Waals surface area (Å²) < 4.78 is 10.8. The minimum absolute atomic E-state index is 0.237. The fourth-order valence-corrected chi connectivity index (χ4v) is 4.15. The van der Waals surface area contributed by atoms with E-state index >= 15 is 0 Å². The fraction of sp³-hybridized carbons (Fsp3) is 0.360. The number of imide groups is 1. The zero-order valence-electron chi connectivity index (χ0n) is 18.1. The number of carbonyl (C=O) groups excluding carboxylic acids is 2. The number of benzene rings is 2. The molecule has 2 aliphatic heterocycles. The number of methoxy groups -OCH3 is 1. The van der Waals surface area contributed by atoms with E-state index in [0.717, 1.165) is 29.8 Å². The summed E-state index contributed by atoms with van der Waals surface area (Å²) in [7, 11) is 1.62. The van der Waals surface area contributed by atoms with E-state index in [2.05, 4.69) is 13.0 Å². The zero-order chi connectivity index (χ0) is 21.8. The Kier molecular flexibility index (Phi) is 6.37. The van der Waals surface area contributed by atoms with Crippen molar-refractivity contribution in [2.24, 2.45) is 0 Å². The van der Waals surface area contributed by atoms with Gasteiger partial charge in [-0.05, 0) is 48.6 Å². The fourth-order valence-electron chi connectivity index (χ4n) is 4.15. The first-order valence-electron chi connectivity index (χ1n) is 10.8. The summed E-state index contributed by atoms with van der Waals surface area (Å²) in [5.41, 5.74) is 3.85. The van der Waals surface area contributed by atoms with E-state index in [1.165, 1.54) is 10.5 Å². The van der Waals surface area contributed by atoms with E-state index in [-0.39, 0.29) is 11.8 Å². The van der Waals surface area contributed by atoms with Crippen LogP contribution in [-0.4, -0.2) is 50.1 Å². The number of hydrogen-bond donors (Lipinski definition) is 0. The van der Waals surface area contributed by atoms with Crippen LogP contribution in [0, 0.1) is 0 Å². The lowest BCUT2D eigenvalue weighted by Crippen LogP contribution is -2.36. The molecule has 31 heavy (non-hydrogen) atoms. The molecule has 2 aromatic rings. The maximum Gasteiger partial charge on any atom is 0.278 e. The Morgan fingerprint density at radius 3 is 2.48 bits per heavy atom. The number of hydrogen-bond acceptors (Lipinski definition) is 5. The monoisotopic (exact) mass is 420 g/mol. The minimum Gasteiger partial charge on any atom is -0.494 e. The molecule has 0 spiro atoms. The van der Waals surface area contributed by atoms with Gasteiger partial charge in [-0.3, -0.25) is 14.5 Å². The first-order chi connectivity index (χ1) is 15.2. The first-order valence-corrected chi connectivity index (χ1v) is 10.8. The number of nitrogens with zero attached hydrogens (tertiary/aromatic N) is 2. The van der Waals surface area contributed by atoms with Crippen LogP contribution in [0.4, 0.5) is 5.69 Å². The number of ether oxygens (including phenoxy) is 2. The number of fused-ring (bicyclic) bond motifs is 1. The summed E-state index contributed by atoms with van der Waals surface area (Å²) in [6.45, 7) is 4.22. The van der Waals surface area contributed by atoms with Crippen LogP contribution in [0.25, 0.3) is 5.57 Å². The molecular formula is C25H28N2O4. The Morgan fingerprint density at radius 2 is 1.74 bits per heavy atom. The van der Waals surface area contributed by atoms with Gasteiger partial charge in [0.15, 0.2) is 0 Å². The van der Waals surface area contributed by atoms with Gasteiger partial charge in [-0.1, -0.05) is 37.3 Å². The Morgan fingerprint density at radius 1 is 0.968 bits per heavy atom. The first kappa shape index (κ1) is 21.1. The van der Waals surface area contributed by atoms with Gasteiger partial charge in [-0.15, -0.1) is 0 Å². The summed E-state index contributed by atoms with van der Waals surface area (Å²) in [5.74, 6) is 0.273. The van der Waals surface area contributed by atoms with E-state index in [0.29, 0.717) is 44.0 Å². The average Bonchev–Trinajstić information content (AvgIpc) is 3.32. The molecule has 2 amide bonds. The van der Waals surface area contributed by atoms with Crippen LogP contribution in [0.15, 0.2) is 54.2 Å². The van der Waals surface area contributed by atoms with Crippen LogP contribution in [0.3, 0.4) is 0 Å². The van der Waals surface area contributed by atoms with E-state index in [4.69, 9.17) is 9.47 Å². The second kappa shape index (κ2) is 9.35. The topological polar surface area (TPSA) is 59.1 Å². The lowest BCUT2D eigenvalue weighted by Gasteiger charge is -2.21. The molecule has 2 heterocycles. The van der Waals surface area contributed by atoms with Crippen molar-refractivity contribution in [3.8, 4) is 5.75 Å². The van der Waals surface area contributed by atoms with Crippen molar-refractivity contribution in [3.63, 3.8) is 0 Å². The van der Waals surface area contributed by atoms with Crippen LogP contribution in [0.2, 0.25) is 0 Å². The Hall–Kier alpha value is -3.12. The van der Waals surface area contributed by atoms with Gasteiger partial charge in [-0.2, -0.15) is 0 Å². The summed E-state index contributed by atoms with van der Waals surface area (Å²) in [5, 5.41) is 0. The van der Waals surface area contributed by atoms with E-state index in [9.17, 15) is 9.59 Å². The highest BCUT2D eigenvalue weighted by molar-refractivity contribution is 6.36. The Labute approximate surface area is 183 Å². The maximum atomic E-state index is 13.4. The number of carbonyl (C=O) groups is 2. The van der Waals surface area contributed by atoms with Gasteiger partial charge in [0.2, 0.25) is 0 Å². The number of para-hydroxylation sites is 1. The molecule has 0 N–H and O–H groups in total. The molecule has 162 valence electrons. The lowest BCUT2D eigenvalue weighted by molar-refractivity contribution is -0.137. The average molecular weight is 421 g/mol. The van der Waals surface area contributed by atoms with Gasteiger partial charge in [-0.25, -0.2) is 0 Å². The van der Waals surface area contributed by atoms with E-state index in [1.54, 1.807) is 7.11 Å². The molecule has 0 saturated heterocycles. The standard InChI is InChI=1S/C25H28N2O4/c1-3-16-31-20-11-9-19(10-12-20)22-23(25(29)27(24(22)28)14-6-17-30-2)26-15-13-18-7-4-5-8-21(18)26/h4-5,7-12H,3,6,13-17H2,1-2H3. The molecule has 4 rings (SSSR count). The molecule has 2 aromatic carbocycles. The molecule has 0 fully saturated rings. The third-order valence-electron chi connectivity index (χ3n) is 5.65. The molecule has 0 atom stereocenters. The van der Waals surface area contributed by atoms with Gasteiger partial charge >= 0.3 is 0 Å². The molecule has 6 heteroatoms. The Bertz CT molecular complexity index is 997. The van der Waals surface area contributed by atoms with Crippen molar-refractivity contribution in [2.45, 2.75) is 26.2 Å². The molecule has 0 aliphatic carbocycles. The van der Waals surface area contributed by atoms with Crippen LogP contribution in [0.5, 0.6) is 5.75 Å². The van der Waals surface area contributed by atoms with Crippen molar-refractivity contribution in [1.29, 1.82) is 0 Å². The van der Waals surface area contributed by atoms with Gasteiger partial charge in [0, 0.05) is 32.5 Å². The predicted octanol–water partition coefficient (Wildman–Crippen LogP) is 3.65. The molecular weight excluding hydrogens is 392 g/mol. The van der Waals surface area contributed by atoms with Gasteiger partial charge in [0.25, 0.3) is 11.8 Å². The normalized spacial score (nSPS) is 15.8. The summed E-state index contributed by atoms with van der Waals surface area (Å²) in [6, 6.07) is 15.5. The van der Waals surface area contributed by atoms with Crippen LogP contribution in [0.1, 0.15) is 30.9 Å². The maximum absolute atomic E-state index is 13.4. The van der Waals surface area contributed by atoms with Crippen molar-refractivity contribution in [2.75, 3.05) is 38.3 Å². The van der Waals surface area contributed by atoms with Gasteiger partial charge < -0.3 is 14.4 Å². The molecule has 6 nitrogen and oxygen atoms in total. The SMILES string of the molecule is CCCOc1ccc(C2=C(N3CCc4ccccc43)C(=O)N(CCCOC)C2=O)cc1.